The first-order valence-corrected chi connectivity index (χ1v) is 7.83. The summed E-state index contributed by atoms with van der Waals surface area (Å²) in [6, 6.07) is 8.05. The Morgan fingerprint density at radius 3 is 2.80 bits per heavy atom. The van der Waals surface area contributed by atoms with Crippen LogP contribution in [0, 0.1) is 0 Å². The fourth-order valence-electron chi connectivity index (χ4n) is 3.16. The molecule has 20 heavy (non-hydrogen) atoms. The van der Waals surface area contributed by atoms with Gasteiger partial charge in [0.15, 0.2) is 0 Å². The molecule has 2 nitrogen and oxygen atoms in total. The maximum absolute atomic E-state index is 6.24. The van der Waals surface area contributed by atoms with Gasteiger partial charge in [-0.25, -0.2) is 0 Å². The van der Waals surface area contributed by atoms with Crippen molar-refractivity contribution in [3.63, 3.8) is 0 Å². The third-order valence-corrected chi connectivity index (χ3v) is 4.79. The lowest BCUT2D eigenvalue weighted by molar-refractivity contribution is 0.253. The van der Waals surface area contributed by atoms with Gasteiger partial charge in [-0.05, 0) is 43.5 Å². The van der Waals surface area contributed by atoms with Crippen molar-refractivity contribution in [3.8, 4) is 0 Å². The molecule has 1 N–H and O–H groups in total. The fourth-order valence-corrected chi connectivity index (χ4v) is 3.37. The molecule has 0 bridgehead atoms. The molecule has 0 aliphatic heterocycles. The van der Waals surface area contributed by atoms with Gasteiger partial charge in [-0.15, -0.1) is 0 Å². The summed E-state index contributed by atoms with van der Waals surface area (Å²) in [5.41, 5.74) is 2.53. The van der Waals surface area contributed by atoms with E-state index >= 15 is 0 Å². The van der Waals surface area contributed by atoms with E-state index in [9.17, 15) is 0 Å². The summed E-state index contributed by atoms with van der Waals surface area (Å²) in [6.45, 7) is 3.21. The lowest BCUT2D eigenvalue weighted by Crippen LogP contribution is -2.43. The highest BCUT2D eigenvalue weighted by molar-refractivity contribution is 6.35. The third-order valence-electron chi connectivity index (χ3n) is 4.46. The molecule has 3 heteroatoms. The Morgan fingerprint density at radius 2 is 2.00 bits per heavy atom. The van der Waals surface area contributed by atoms with Crippen molar-refractivity contribution in [2.75, 3.05) is 0 Å². The van der Waals surface area contributed by atoms with E-state index in [1.54, 1.807) is 0 Å². The molecule has 1 fully saturated rings. The second-order valence-corrected chi connectivity index (χ2v) is 6.49. The van der Waals surface area contributed by atoms with Crippen molar-refractivity contribution in [1.29, 1.82) is 0 Å². The summed E-state index contributed by atoms with van der Waals surface area (Å²) in [6.07, 6.45) is 8.43. The van der Waals surface area contributed by atoms with Crippen LogP contribution in [0.3, 0.4) is 0 Å². The van der Waals surface area contributed by atoms with Gasteiger partial charge in [0.25, 0.3) is 0 Å². The zero-order valence-corrected chi connectivity index (χ0v) is 12.7. The molecular formula is C17H21ClN2. The van der Waals surface area contributed by atoms with Gasteiger partial charge in [-0.2, -0.15) is 0 Å². The third kappa shape index (κ3) is 2.82. The topological polar surface area (TPSA) is 24.9 Å². The van der Waals surface area contributed by atoms with Gasteiger partial charge in [-0.1, -0.05) is 36.9 Å². The van der Waals surface area contributed by atoms with E-state index in [1.807, 2.05) is 24.4 Å². The van der Waals surface area contributed by atoms with Crippen molar-refractivity contribution in [3.05, 3.63) is 41.0 Å². The Kier molecular flexibility index (Phi) is 3.95. The highest BCUT2D eigenvalue weighted by Crippen LogP contribution is 2.29. The predicted octanol–water partition coefficient (Wildman–Crippen LogP) is 4.70. The predicted molar refractivity (Wildman–Crippen MR) is 85.1 cm³/mol. The summed E-state index contributed by atoms with van der Waals surface area (Å²) in [4.78, 5) is 4.50. The second kappa shape index (κ2) is 5.71. The number of nitrogens with zero attached hydrogens (tertiary/aromatic N) is 1. The summed E-state index contributed by atoms with van der Waals surface area (Å²) in [7, 11) is 0. The number of halogens is 1. The molecule has 0 atom stereocenters. The van der Waals surface area contributed by atoms with Gasteiger partial charge in [0.05, 0.1) is 5.52 Å². The van der Waals surface area contributed by atoms with E-state index in [2.05, 4.69) is 23.3 Å². The van der Waals surface area contributed by atoms with E-state index in [0.29, 0.717) is 0 Å². The van der Waals surface area contributed by atoms with Crippen LogP contribution in [0.2, 0.25) is 5.02 Å². The SMILES string of the molecule is CC1(NCc2ccc(Cl)c3cccnc23)CCCCC1. The smallest absolute Gasteiger partial charge is 0.0761 e. The van der Waals surface area contributed by atoms with E-state index in [1.165, 1.54) is 37.7 Å². The molecule has 1 saturated carbocycles. The van der Waals surface area contributed by atoms with E-state index in [4.69, 9.17) is 11.6 Å². The van der Waals surface area contributed by atoms with E-state index in [-0.39, 0.29) is 5.54 Å². The van der Waals surface area contributed by atoms with Crippen LogP contribution in [-0.4, -0.2) is 10.5 Å². The van der Waals surface area contributed by atoms with Crippen LogP contribution in [0.5, 0.6) is 0 Å². The van der Waals surface area contributed by atoms with Crippen molar-refractivity contribution >= 4 is 22.5 Å². The molecule has 0 spiro atoms. The second-order valence-electron chi connectivity index (χ2n) is 6.08. The number of fused-ring (bicyclic) bond motifs is 1. The minimum absolute atomic E-state index is 0.277. The number of pyridine rings is 1. The Hall–Kier alpha value is -1.12. The molecule has 0 amide bonds. The Bertz CT molecular complexity index is 603. The zero-order valence-electron chi connectivity index (χ0n) is 12.0. The van der Waals surface area contributed by atoms with Crippen molar-refractivity contribution in [2.24, 2.45) is 0 Å². The Labute approximate surface area is 125 Å². The van der Waals surface area contributed by atoms with Gasteiger partial charge in [0.1, 0.15) is 0 Å². The molecule has 1 aliphatic rings. The average molecular weight is 289 g/mol. The molecule has 0 unspecified atom stereocenters. The zero-order chi connectivity index (χ0) is 14.0. The first kappa shape index (κ1) is 13.8. The van der Waals surface area contributed by atoms with Crippen molar-refractivity contribution in [2.45, 2.75) is 51.1 Å². The van der Waals surface area contributed by atoms with Crippen LogP contribution in [-0.2, 0) is 6.54 Å². The van der Waals surface area contributed by atoms with E-state index < -0.39 is 0 Å². The first-order valence-electron chi connectivity index (χ1n) is 7.45. The highest BCUT2D eigenvalue weighted by atomic mass is 35.5. The summed E-state index contributed by atoms with van der Waals surface area (Å²) in [5, 5.41) is 5.57. The number of aromatic nitrogens is 1. The molecule has 1 heterocycles. The molecule has 1 aromatic carbocycles. The minimum atomic E-state index is 0.277. The van der Waals surface area contributed by atoms with Gasteiger partial charge < -0.3 is 5.32 Å². The lowest BCUT2D eigenvalue weighted by atomic mass is 9.83. The largest absolute Gasteiger partial charge is 0.307 e. The standard InChI is InChI=1S/C17H21ClN2/c1-17(9-3-2-4-10-17)20-12-13-7-8-15(18)14-6-5-11-19-16(13)14/h5-8,11,20H,2-4,9-10,12H2,1H3. The number of nitrogens with one attached hydrogen (secondary N) is 1. The molecule has 2 aromatic rings. The molecule has 0 saturated heterocycles. The molecule has 106 valence electrons. The maximum atomic E-state index is 6.24. The monoisotopic (exact) mass is 288 g/mol. The maximum Gasteiger partial charge on any atom is 0.0761 e. The molecule has 1 aliphatic carbocycles. The van der Waals surface area contributed by atoms with Crippen LogP contribution >= 0.6 is 11.6 Å². The molecule has 1 aromatic heterocycles. The highest BCUT2D eigenvalue weighted by Gasteiger charge is 2.25. The van der Waals surface area contributed by atoms with Crippen LogP contribution in [0.4, 0.5) is 0 Å². The van der Waals surface area contributed by atoms with Gasteiger partial charge in [-0.3, -0.25) is 4.98 Å². The average Bonchev–Trinajstić information content (AvgIpc) is 2.48. The van der Waals surface area contributed by atoms with E-state index in [0.717, 1.165) is 22.5 Å². The van der Waals surface area contributed by atoms with Crippen LogP contribution in [0.1, 0.15) is 44.6 Å². The quantitative estimate of drug-likeness (QED) is 0.885. The summed E-state index contributed by atoms with van der Waals surface area (Å²) < 4.78 is 0. The summed E-state index contributed by atoms with van der Waals surface area (Å²) in [5.74, 6) is 0. The minimum Gasteiger partial charge on any atom is -0.307 e. The van der Waals surface area contributed by atoms with Crippen LogP contribution < -0.4 is 5.32 Å². The first-order chi connectivity index (χ1) is 9.68. The van der Waals surface area contributed by atoms with Crippen LogP contribution in [0.25, 0.3) is 10.9 Å². The number of benzene rings is 1. The molecule has 3 rings (SSSR count). The Morgan fingerprint density at radius 1 is 1.20 bits per heavy atom. The Balaban J connectivity index is 1.82. The number of hydrogen-bond acceptors (Lipinski definition) is 2. The molecular weight excluding hydrogens is 268 g/mol. The molecule has 0 radical (unpaired) electrons. The van der Waals surface area contributed by atoms with Gasteiger partial charge in [0, 0.05) is 28.7 Å². The normalized spacial score (nSPS) is 18.3. The van der Waals surface area contributed by atoms with Gasteiger partial charge >= 0.3 is 0 Å². The fraction of sp³-hybridized carbons (Fsp3) is 0.471. The van der Waals surface area contributed by atoms with Crippen molar-refractivity contribution < 1.29 is 0 Å². The van der Waals surface area contributed by atoms with Gasteiger partial charge in [0.2, 0.25) is 0 Å². The number of hydrogen-bond donors (Lipinski definition) is 1. The number of rotatable bonds is 3. The lowest BCUT2D eigenvalue weighted by Gasteiger charge is -2.35. The summed E-state index contributed by atoms with van der Waals surface area (Å²) >= 11 is 6.24. The van der Waals surface area contributed by atoms with Crippen LogP contribution in [0.15, 0.2) is 30.5 Å². The van der Waals surface area contributed by atoms with Crippen molar-refractivity contribution in [1.82, 2.24) is 10.3 Å².